The quantitative estimate of drug-likeness (QED) is 0.521. The molecule has 32 heavy (non-hydrogen) atoms. The fourth-order valence-electron chi connectivity index (χ4n) is 4.59. The molecule has 2 aromatic carbocycles. The van der Waals surface area contributed by atoms with Gasteiger partial charge < -0.3 is 10.1 Å². The molecule has 0 spiro atoms. The number of ether oxygens (including phenoxy) is 1. The molecule has 6 heteroatoms. The number of hydrogen-bond donors (Lipinski definition) is 1. The van der Waals surface area contributed by atoms with Crippen molar-refractivity contribution in [3.63, 3.8) is 0 Å². The predicted molar refractivity (Wildman–Crippen MR) is 127 cm³/mol. The van der Waals surface area contributed by atoms with Crippen LogP contribution in [0.2, 0.25) is 10.0 Å². The van der Waals surface area contributed by atoms with Crippen LogP contribution >= 0.6 is 23.2 Å². The van der Waals surface area contributed by atoms with Crippen molar-refractivity contribution in [2.75, 3.05) is 6.61 Å². The lowest BCUT2D eigenvalue weighted by atomic mass is 9.71. The van der Waals surface area contributed by atoms with E-state index in [4.69, 9.17) is 27.9 Å². The normalized spacial score (nSPS) is 20.7. The number of carbonyl (C=O) groups is 2. The fraction of sp³-hybridized carbons (Fsp3) is 0.308. The Kier molecular flexibility index (Phi) is 6.73. The summed E-state index contributed by atoms with van der Waals surface area (Å²) in [6.45, 7) is 4.10. The molecule has 4 rings (SSSR count). The van der Waals surface area contributed by atoms with Crippen molar-refractivity contribution in [1.29, 1.82) is 0 Å². The summed E-state index contributed by atoms with van der Waals surface area (Å²) in [5.74, 6) is -0.934. The van der Waals surface area contributed by atoms with Crippen molar-refractivity contribution in [3.05, 3.63) is 92.2 Å². The van der Waals surface area contributed by atoms with Crippen molar-refractivity contribution in [1.82, 2.24) is 5.32 Å². The molecule has 0 aromatic heterocycles. The van der Waals surface area contributed by atoms with Crippen LogP contribution in [0.25, 0.3) is 0 Å². The van der Waals surface area contributed by atoms with Crippen LogP contribution in [0.15, 0.2) is 71.1 Å². The largest absolute Gasteiger partial charge is 0.462 e. The lowest BCUT2D eigenvalue weighted by molar-refractivity contribution is -0.139. The second-order valence-corrected chi connectivity index (χ2v) is 9.07. The average molecular weight is 470 g/mol. The number of allylic oxidation sites excluding steroid dienone is 3. The monoisotopic (exact) mass is 469 g/mol. The van der Waals surface area contributed by atoms with E-state index in [1.165, 1.54) is 0 Å². The molecular formula is C26H25Cl2NO3. The molecule has 0 fully saturated rings. The zero-order valence-electron chi connectivity index (χ0n) is 18.1. The van der Waals surface area contributed by atoms with Crippen molar-refractivity contribution in [3.8, 4) is 0 Å². The SMILES string of the molecule is CCCOC(=O)C1=C(C)NC2=C(C(=O)C[C@@H](c3ccccc3)C2)[C@H]1c1ccc(Cl)cc1Cl. The highest BCUT2D eigenvalue weighted by molar-refractivity contribution is 6.35. The average Bonchev–Trinajstić information content (AvgIpc) is 2.77. The Labute approximate surface area is 198 Å². The van der Waals surface area contributed by atoms with E-state index in [0.29, 0.717) is 58.3 Å². The summed E-state index contributed by atoms with van der Waals surface area (Å²) in [5.41, 5.74) is 4.35. The Hall–Kier alpha value is -2.56. The van der Waals surface area contributed by atoms with E-state index in [1.807, 2.05) is 32.0 Å². The molecule has 1 heterocycles. The van der Waals surface area contributed by atoms with Gasteiger partial charge in [-0.25, -0.2) is 4.79 Å². The van der Waals surface area contributed by atoms with E-state index in [1.54, 1.807) is 18.2 Å². The number of Topliss-reactive ketones (excluding diaryl/α,β-unsaturated/α-hetero) is 1. The van der Waals surface area contributed by atoms with Gasteiger partial charge in [-0.2, -0.15) is 0 Å². The highest BCUT2D eigenvalue weighted by Gasteiger charge is 2.42. The van der Waals surface area contributed by atoms with E-state index in [9.17, 15) is 9.59 Å². The van der Waals surface area contributed by atoms with Gasteiger partial charge >= 0.3 is 5.97 Å². The Morgan fingerprint density at radius 3 is 2.56 bits per heavy atom. The molecule has 2 aromatic rings. The van der Waals surface area contributed by atoms with Crippen molar-refractivity contribution in [2.24, 2.45) is 0 Å². The zero-order chi connectivity index (χ0) is 22.8. The summed E-state index contributed by atoms with van der Waals surface area (Å²) in [6.07, 6.45) is 1.77. The Balaban J connectivity index is 1.81. The van der Waals surface area contributed by atoms with Crippen molar-refractivity contribution in [2.45, 2.75) is 44.9 Å². The standard InChI is InChI=1S/C26H25Cl2NO3/c1-3-11-32-26(31)23-15(2)29-21-12-17(16-7-5-4-6-8-16)13-22(30)25(21)24(23)19-10-9-18(27)14-20(19)28/h4-10,14,17,24,29H,3,11-13H2,1-2H3/t17-,24-/m0/s1. The van der Waals surface area contributed by atoms with Gasteiger partial charge in [0.1, 0.15) is 0 Å². The Bertz CT molecular complexity index is 1120. The van der Waals surface area contributed by atoms with Crippen LogP contribution in [-0.2, 0) is 14.3 Å². The smallest absolute Gasteiger partial charge is 0.336 e. The Morgan fingerprint density at radius 1 is 1.12 bits per heavy atom. The number of hydrogen-bond acceptors (Lipinski definition) is 4. The van der Waals surface area contributed by atoms with Gasteiger partial charge in [0, 0.05) is 39.4 Å². The highest BCUT2D eigenvalue weighted by atomic mass is 35.5. The molecule has 4 nitrogen and oxygen atoms in total. The number of nitrogens with one attached hydrogen (secondary N) is 1. The number of rotatable bonds is 5. The third-order valence-corrected chi connectivity index (χ3v) is 6.59. The van der Waals surface area contributed by atoms with Gasteiger partial charge in [0.2, 0.25) is 0 Å². The third kappa shape index (κ3) is 4.35. The van der Waals surface area contributed by atoms with Crippen LogP contribution in [0.5, 0.6) is 0 Å². The van der Waals surface area contributed by atoms with Gasteiger partial charge in [0.25, 0.3) is 0 Å². The molecule has 0 unspecified atom stereocenters. The van der Waals surface area contributed by atoms with Crippen LogP contribution < -0.4 is 5.32 Å². The van der Waals surface area contributed by atoms with Gasteiger partial charge in [-0.15, -0.1) is 0 Å². The number of halogens is 2. The molecule has 0 radical (unpaired) electrons. The maximum atomic E-state index is 13.5. The number of ketones is 1. The molecule has 0 saturated heterocycles. The first-order chi connectivity index (χ1) is 15.4. The van der Waals surface area contributed by atoms with Crippen LogP contribution in [-0.4, -0.2) is 18.4 Å². The Morgan fingerprint density at radius 2 is 1.88 bits per heavy atom. The lowest BCUT2D eigenvalue weighted by Gasteiger charge is -2.37. The van der Waals surface area contributed by atoms with E-state index >= 15 is 0 Å². The minimum atomic E-state index is -0.593. The highest BCUT2D eigenvalue weighted by Crippen LogP contribution is 2.47. The molecule has 0 bridgehead atoms. The molecule has 1 aliphatic heterocycles. The van der Waals surface area contributed by atoms with Crippen molar-refractivity contribution < 1.29 is 14.3 Å². The van der Waals surface area contributed by atoms with Crippen LogP contribution in [0.3, 0.4) is 0 Å². The second kappa shape index (κ2) is 9.51. The minimum absolute atomic E-state index is 0.0110. The summed E-state index contributed by atoms with van der Waals surface area (Å²) in [4.78, 5) is 26.6. The molecule has 2 atom stereocenters. The molecule has 0 amide bonds. The van der Waals surface area contributed by atoms with Crippen LogP contribution in [0, 0.1) is 0 Å². The fourth-order valence-corrected chi connectivity index (χ4v) is 5.11. The molecule has 166 valence electrons. The minimum Gasteiger partial charge on any atom is -0.462 e. The van der Waals surface area contributed by atoms with Gasteiger partial charge in [0.05, 0.1) is 12.2 Å². The summed E-state index contributed by atoms with van der Waals surface area (Å²) in [7, 11) is 0. The number of dihydropyridines is 1. The molecule has 1 aliphatic carbocycles. The molecule has 1 N–H and O–H groups in total. The van der Waals surface area contributed by atoms with E-state index in [-0.39, 0.29) is 11.7 Å². The van der Waals surface area contributed by atoms with E-state index in [0.717, 1.165) is 11.3 Å². The van der Waals surface area contributed by atoms with Gasteiger partial charge in [-0.05, 0) is 48.9 Å². The molecule has 0 saturated carbocycles. The maximum Gasteiger partial charge on any atom is 0.336 e. The predicted octanol–water partition coefficient (Wildman–Crippen LogP) is 6.31. The summed E-state index contributed by atoms with van der Waals surface area (Å²) >= 11 is 12.7. The topological polar surface area (TPSA) is 55.4 Å². The number of benzene rings is 2. The van der Waals surface area contributed by atoms with E-state index in [2.05, 4.69) is 17.4 Å². The summed E-state index contributed by atoms with van der Waals surface area (Å²) < 4.78 is 5.48. The van der Waals surface area contributed by atoms with Crippen molar-refractivity contribution >= 4 is 35.0 Å². The molecular weight excluding hydrogens is 445 g/mol. The molecule has 2 aliphatic rings. The van der Waals surface area contributed by atoms with Gasteiger partial charge in [0.15, 0.2) is 5.78 Å². The number of carbonyl (C=O) groups excluding carboxylic acids is 2. The number of esters is 1. The first kappa shape index (κ1) is 22.6. The van der Waals surface area contributed by atoms with E-state index < -0.39 is 11.9 Å². The van der Waals surface area contributed by atoms with Gasteiger partial charge in [-0.1, -0.05) is 66.5 Å². The zero-order valence-corrected chi connectivity index (χ0v) is 19.6. The van der Waals surface area contributed by atoms with Crippen LogP contribution in [0.4, 0.5) is 0 Å². The first-order valence-electron chi connectivity index (χ1n) is 10.8. The summed E-state index contributed by atoms with van der Waals surface area (Å²) in [5, 5.41) is 4.27. The van der Waals surface area contributed by atoms with Gasteiger partial charge in [-0.3, -0.25) is 4.79 Å². The summed E-state index contributed by atoms with van der Waals surface area (Å²) in [6, 6.07) is 15.2. The lowest BCUT2D eigenvalue weighted by Crippen LogP contribution is -2.36. The first-order valence-corrected chi connectivity index (χ1v) is 11.6. The maximum absolute atomic E-state index is 13.5. The second-order valence-electron chi connectivity index (χ2n) is 8.23. The van der Waals surface area contributed by atoms with Crippen LogP contribution in [0.1, 0.15) is 56.1 Å². The third-order valence-electron chi connectivity index (χ3n) is 6.03.